The number of nitrogens with zero attached hydrogens (tertiary/aromatic N) is 2. The van der Waals surface area contributed by atoms with Crippen molar-refractivity contribution in [3.05, 3.63) is 0 Å². The van der Waals surface area contributed by atoms with E-state index in [4.69, 9.17) is 0 Å². The summed E-state index contributed by atoms with van der Waals surface area (Å²) in [4.78, 5) is 25.5. The van der Waals surface area contributed by atoms with Gasteiger partial charge in [0.05, 0.1) is 0 Å². The summed E-state index contributed by atoms with van der Waals surface area (Å²) in [6.07, 6.45) is 1.71. The maximum absolute atomic E-state index is 12.0. The molecule has 0 saturated heterocycles. The molecule has 4 heteroatoms. The first-order chi connectivity index (χ1) is 6.82. The van der Waals surface area contributed by atoms with Crippen LogP contribution in [-0.2, 0) is 9.59 Å². The van der Waals surface area contributed by atoms with Gasteiger partial charge >= 0.3 is 6.41 Å². The standard InChI is InChI=1S/C11H21N2O2/c1-8(2)13(9(3)4)11(15)10(5)12(6)7-14/h8-10H,1-6H3. The van der Waals surface area contributed by atoms with Gasteiger partial charge in [-0.2, -0.15) is 0 Å². The molecule has 87 valence electrons. The lowest BCUT2D eigenvalue weighted by molar-refractivity contribution is -0.138. The van der Waals surface area contributed by atoms with E-state index in [1.54, 1.807) is 25.3 Å². The van der Waals surface area contributed by atoms with Gasteiger partial charge in [-0.1, -0.05) is 0 Å². The van der Waals surface area contributed by atoms with Crippen LogP contribution in [0.2, 0.25) is 0 Å². The second-order valence-corrected chi connectivity index (χ2v) is 4.31. The molecule has 0 aliphatic heterocycles. The molecular formula is C11H21N2O2. The van der Waals surface area contributed by atoms with Crippen molar-refractivity contribution >= 4 is 12.3 Å². The first-order valence-electron chi connectivity index (χ1n) is 5.25. The fraction of sp³-hybridized carbons (Fsp3) is 0.818. The Balaban J connectivity index is 4.71. The molecule has 1 radical (unpaired) electrons. The van der Waals surface area contributed by atoms with E-state index in [0.29, 0.717) is 0 Å². The molecule has 0 aliphatic rings. The average molecular weight is 213 g/mol. The van der Waals surface area contributed by atoms with Crippen molar-refractivity contribution in [1.82, 2.24) is 9.80 Å². The maximum Gasteiger partial charge on any atom is 0.312 e. The second kappa shape index (κ2) is 5.73. The molecule has 0 spiro atoms. The third kappa shape index (κ3) is 3.53. The molecule has 15 heavy (non-hydrogen) atoms. The highest BCUT2D eigenvalue weighted by molar-refractivity contribution is 5.83. The Labute approximate surface area is 92.2 Å². The van der Waals surface area contributed by atoms with Crippen LogP contribution in [-0.4, -0.2) is 47.3 Å². The molecule has 0 heterocycles. The van der Waals surface area contributed by atoms with Crippen molar-refractivity contribution in [2.75, 3.05) is 7.05 Å². The van der Waals surface area contributed by atoms with E-state index in [0.717, 1.165) is 0 Å². The Morgan fingerprint density at radius 3 is 1.73 bits per heavy atom. The summed E-state index contributed by atoms with van der Waals surface area (Å²) in [6.45, 7) is 9.58. The molecule has 0 rings (SSSR count). The first-order valence-corrected chi connectivity index (χ1v) is 5.25. The summed E-state index contributed by atoms with van der Waals surface area (Å²) >= 11 is 0. The molecule has 0 aromatic heterocycles. The van der Waals surface area contributed by atoms with Gasteiger partial charge in [-0.25, -0.2) is 0 Å². The minimum Gasteiger partial charge on any atom is -0.336 e. The highest BCUT2D eigenvalue weighted by Gasteiger charge is 2.27. The Hall–Kier alpha value is -1.06. The lowest BCUT2D eigenvalue weighted by atomic mass is 10.1. The van der Waals surface area contributed by atoms with Crippen LogP contribution in [0.25, 0.3) is 0 Å². The zero-order valence-corrected chi connectivity index (χ0v) is 10.4. The fourth-order valence-electron chi connectivity index (χ4n) is 1.57. The van der Waals surface area contributed by atoms with E-state index in [2.05, 4.69) is 0 Å². The van der Waals surface area contributed by atoms with E-state index < -0.39 is 6.04 Å². The third-order valence-corrected chi connectivity index (χ3v) is 2.45. The molecule has 0 saturated carbocycles. The number of carbonyl (C=O) groups excluding carboxylic acids is 2. The zero-order valence-electron chi connectivity index (χ0n) is 10.4. The van der Waals surface area contributed by atoms with Crippen LogP contribution >= 0.6 is 0 Å². The van der Waals surface area contributed by atoms with Crippen molar-refractivity contribution in [2.24, 2.45) is 0 Å². The normalized spacial score (nSPS) is 12.8. The SMILES string of the molecule is CC(C(=O)N(C(C)C)C(C)C)N(C)[C]=O. The van der Waals surface area contributed by atoms with E-state index in [-0.39, 0.29) is 18.0 Å². The third-order valence-electron chi connectivity index (χ3n) is 2.45. The summed E-state index contributed by atoms with van der Waals surface area (Å²) in [6, 6.07) is -0.174. The summed E-state index contributed by atoms with van der Waals surface area (Å²) in [5.74, 6) is -0.0362. The van der Waals surface area contributed by atoms with Crippen LogP contribution in [0.4, 0.5) is 0 Å². The average Bonchev–Trinajstić information content (AvgIpc) is 2.14. The van der Waals surface area contributed by atoms with Crippen molar-refractivity contribution in [3.63, 3.8) is 0 Å². The number of rotatable bonds is 5. The molecular weight excluding hydrogens is 192 g/mol. The maximum atomic E-state index is 12.0. The van der Waals surface area contributed by atoms with Gasteiger partial charge in [0.2, 0.25) is 5.91 Å². The lowest BCUT2D eigenvalue weighted by Gasteiger charge is -2.34. The minimum atomic E-state index is -0.452. The predicted octanol–water partition coefficient (Wildman–Crippen LogP) is 1.02. The van der Waals surface area contributed by atoms with Crippen LogP contribution in [0.5, 0.6) is 0 Å². The number of likely N-dealkylation sites (N-methyl/N-ethyl adjacent to an activating group) is 1. The lowest BCUT2D eigenvalue weighted by Crippen LogP contribution is -2.50. The van der Waals surface area contributed by atoms with Crippen molar-refractivity contribution in [2.45, 2.75) is 52.7 Å². The van der Waals surface area contributed by atoms with E-state index in [9.17, 15) is 9.59 Å². The van der Waals surface area contributed by atoms with Crippen LogP contribution in [0.3, 0.4) is 0 Å². The van der Waals surface area contributed by atoms with Gasteiger partial charge < -0.3 is 9.80 Å². The summed E-state index contributed by atoms with van der Waals surface area (Å²) in [7, 11) is 1.56. The zero-order chi connectivity index (χ0) is 12.2. The van der Waals surface area contributed by atoms with Gasteiger partial charge in [0.25, 0.3) is 0 Å². The first kappa shape index (κ1) is 13.9. The molecule has 4 nitrogen and oxygen atoms in total. The molecule has 0 bridgehead atoms. The predicted molar refractivity (Wildman–Crippen MR) is 60.0 cm³/mol. The molecule has 0 aromatic rings. The van der Waals surface area contributed by atoms with E-state index in [1.165, 1.54) is 4.90 Å². The topological polar surface area (TPSA) is 40.6 Å². The molecule has 1 unspecified atom stereocenters. The highest BCUT2D eigenvalue weighted by Crippen LogP contribution is 2.09. The van der Waals surface area contributed by atoms with Crippen LogP contribution in [0.1, 0.15) is 34.6 Å². The molecule has 0 aromatic carbocycles. The Morgan fingerprint density at radius 1 is 1.07 bits per heavy atom. The number of hydrogen-bond acceptors (Lipinski definition) is 2. The van der Waals surface area contributed by atoms with Gasteiger partial charge in [0.1, 0.15) is 6.04 Å². The number of hydrogen-bond donors (Lipinski definition) is 0. The fourth-order valence-corrected chi connectivity index (χ4v) is 1.57. The minimum absolute atomic E-state index is 0.0362. The van der Waals surface area contributed by atoms with Gasteiger partial charge in [-0.05, 0) is 34.6 Å². The largest absolute Gasteiger partial charge is 0.336 e. The molecule has 0 fully saturated rings. The van der Waals surface area contributed by atoms with E-state index >= 15 is 0 Å². The van der Waals surface area contributed by atoms with Crippen LogP contribution in [0, 0.1) is 0 Å². The highest BCUT2D eigenvalue weighted by atomic mass is 16.2. The van der Waals surface area contributed by atoms with Crippen LogP contribution < -0.4 is 0 Å². The molecule has 2 amide bonds. The Bertz CT molecular complexity index is 219. The summed E-state index contributed by atoms with van der Waals surface area (Å²) in [5.41, 5.74) is 0. The quantitative estimate of drug-likeness (QED) is 0.640. The van der Waals surface area contributed by atoms with Gasteiger partial charge in [0, 0.05) is 19.1 Å². The van der Waals surface area contributed by atoms with Crippen LogP contribution in [0.15, 0.2) is 0 Å². The van der Waals surface area contributed by atoms with Gasteiger partial charge in [-0.15, -0.1) is 0 Å². The Morgan fingerprint density at radius 2 is 1.47 bits per heavy atom. The van der Waals surface area contributed by atoms with Gasteiger partial charge in [-0.3, -0.25) is 9.59 Å². The van der Waals surface area contributed by atoms with Crippen molar-refractivity contribution in [1.29, 1.82) is 0 Å². The second-order valence-electron chi connectivity index (χ2n) is 4.31. The molecule has 1 atom stereocenters. The molecule has 0 N–H and O–H groups in total. The Kier molecular flexibility index (Phi) is 5.33. The van der Waals surface area contributed by atoms with Gasteiger partial charge in [0.15, 0.2) is 0 Å². The summed E-state index contributed by atoms with van der Waals surface area (Å²) in [5, 5.41) is 0. The van der Waals surface area contributed by atoms with Crippen molar-refractivity contribution in [3.8, 4) is 0 Å². The number of amides is 2. The summed E-state index contributed by atoms with van der Waals surface area (Å²) < 4.78 is 0. The monoisotopic (exact) mass is 213 g/mol. The van der Waals surface area contributed by atoms with E-state index in [1.807, 2.05) is 27.7 Å². The number of carbonyl (C=O) groups is 1. The van der Waals surface area contributed by atoms with Crippen molar-refractivity contribution < 1.29 is 9.59 Å². The molecule has 0 aliphatic carbocycles. The smallest absolute Gasteiger partial charge is 0.312 e.